The Morgan fingerprint density at radius 1 is 1.18 bits per heavy atom. The van der Waals surface area contributed by atoms with Gasteiger partial charge >= 0.3 is 0 Å². The van der Waals surface area contributed by atoms with Crippen LogP contribution in [0.25, 0.3) is 0 Å². The van der Waals surface area contributed by atoms with E-state index < -0.39 is 26.6 Å². The van der Waals surface area contributed by atoms with E-state index in [9.17, 15) is 10.2 Å². The van der Waals surface area contributed by atoms with Gasteiger partial charge in [-0.15, -0.1) is 0 Å². The first-order valence-corrected chi connectivity index (χ1v) is 9.12. The Balaban J connectivity index is 2.53. The third-order valence-corrected chi connectivity index (χ3v) is 8.52. The van der Waals surface area contributed by atoms with Crippen molar-refractivity contribution in [1.82, 2.24) is 0 Å². The molecule has 1 rings (SSSR count). The Kier molecular flexibility index (Phi) is 4.42. The summed E-state index contributed by atoms with van der Waals surface area (Å²) in [5.41, 5.74) is 0. The summed E-state index contributed by atoms with van der Waals surface area (Å²) in [5, 5.41) is 19.5. The van der Waals surface area contributed by atoms with E-state index >= 15 is 0 Å². The van der Waals surface area contributed by atoms with Crippen molar-refractivity contribution < 1.29 is 19.4 Å². The predicted octanol–water partition coefficient (Wildman–Crippen LogP) is 1.52. The van der Waals surface area contributed by atoms with Gasteiger partial charge in [0.05, 0.1) is 12.7 Å². The van der Waals surface area contributed by atoms with E-state index in [0.29, 0.717) is 6.61 Å². The first-order chi connectivity index (χ1) is 7.56. The molecule has 0 aromatic heterocycles. The highest BCUT2D eigenvalue weighted by molar-refractivity contribution is 6.74. The molecule has 0 saturated carbocycles. The van der Waals surface area contributed by atoms with Crippen molar-refractivity contribution in [1.29, 1.82) is 0 Å². The minimum atomic E-state index is -1.82. The first-order valence-electron chi connectivity index (χ1n) is 6.22. The lowest BCUT2D eigenvalue weighted by molar-refractivity contribution is -0.0140. The summed E-state index contributed by atoms with van der Waals surface area (Å²) in [4.78, 5) is 0. The summed E-state index contributed by atoms with van der Waals surface area (Å²) in [6.45, 7) is 13.0. The molecule has 0 spiro atoms. The molecule has 1 aliphatic rings. The molecule has 1 saturated heterocycles. The standard InChI is InChI=1S/C12H26O4Si/c1-8-10(13)11(14)9(16-8)7-15-17(5,6)12(2,3)4/h8-11,13-14H,7H2,1-6H3/t8-,9+,10-,11-/m1/s1. The second-order valence-corrected chi connectivity index (χ2v) is 11.2. The molecule has 0 radical (unpaired) electrons. The highest BCUT2D eigenvalue weighted by atomic mass is 28.4. The molecule has 0 amide bonds. The monoisotopic (exact) mass is 262 g/mol. The summed E-state index contributed by atoms with van der Waals surface area (Å²) in [7, 11) is -1.82. The van der Waals surface area contributed by atoms with Crippen LogP contribution in [0.3, 0.4) is 0 Å². The van der Waals surface area contributed by atoms with Crippen LogP contribution in [-0.4, -0.2) is 49.6 Å². The van der Waals surface area contributed by atoms with Gasteiger partial charge in [0.15, 0.2) is 8.32 Å². The molecule has 0 aliphatic carbocycles. The molecule has 1 fully saturated rings. The molecule has 1 heterocycles. The molecule has 0 bridgehead atoms. The lowest BCUT2D eigenvalue weighted by atomic mass is 10.1. The first kappa shape index (κ1) is 15.1. The van der Waals surface area contributed by atoms with E-state index in [4.69, 9.17) is 9.16 Å². The van der Waals surface area contributed by atoms with Crippen LogP contribution < -0.4 is 0 Å². The molecule has 5 heteroatoms. The van der Waals surface area contributed by atoms with Gasteiger partial charge in [-0.3, -0.25) is 0 Å². The van der Waals surface area contributed by atoms with Crippen molar-refractivity contribution in [3.05, 3.63) is 0 Å². The van der Waals surface area contributed by atoms with Crippen LogP contribution >= 0.6 is 0 Å². The Morgan fingerprint density at radius 3 is 2.06 bits per heavy atom. The zero-order valence-corrected chi connectivity index (χ0v) is 12.7. The van der Waals surface area contributed by atoms with Gasteiger partial charge in [0.2, 0.25) is 0 Å². The summed E-state index contributed by atoms with van der Waals surface area (Å²) in [6, 6.07) is 0. The lowest BCUT2D eigenvalue weighted by Gasteiger charge is -2.37. The van der Waals surface area contributed by atoms with Gasteiger partial charge < -0.3 is 19.4 Å². The van der Waals surface area contributed by atoms with E-state index in [1.807, 2.05) is 0 Å². The molecule has 0 unspecified atom stereocenters. The second-order valence-electron chi connectivity index (χ2n) is 6.43. The van der Waals surface area contributed by atoms with Crippen LogP contribution in [-0.2, 0) is 9.16 Å². The molecule has 0 aromatic carbocycles. The summed E-state index contributed by atoms with van der Waals surface area (Å²) >= 11 is 0. The number of rotatable bonds is 3. The number of hydrogen-bond acceptors (Lipinski definition) is 4. The Bertz CT molecular complexity index is 262. The van der Waals surface area contributed by atoms with Gasteiger partial charge in [0.1, 0.15) is 18.3 Å². The fourth-order valence-electron chi connectivity index (χ4n) is 1.58. The second kappa shape index (κ2) is 4.97. The minimum absolute atomic E-state index is 0.140. The highest BCUT2D eigenvalue weighted by Crippen LogP contribution is 2.37. The quantitative estimate of drug-likeness (QED) is 0.757. The van der Waals surface area contributed by atoms with Crippen LogP contribution in [0.4, 0.5) is 0 Å². The average molecular weight is 262 g/mol. The molecule has 4 atom stereocenters. The summed E-state index contributed by atoms with van der Waals surface area (Å²) in [5.74, 6) is 0. The predicted molar refractivity (Wildman–Crippen MR) is 69.5 cm³/mol. The average Bonchev–Trinajstić information content (AvgIpc) is 2.41. The maximum Gasteiger partial charge on any atom is 0.192 e. The van der Waals surface area contributed by atoms with Crippen molar-refractivity contribution in [2.75, 3.05) is 6.61 Å². The smallest absolute Gasteiger partial charge is 0.192 e. The largest absolute Gasteiger partial charge is 0.414 e. The van der Waals surface area contributed by atoms with Crippen LogP contribution in [0.15, 0.2) is 0 Å². The van der Waals surface area contributed by atoms with Gasteiger partial charge in [-0.05, 0) is 25.1 Å². The van der Waals surface area contributed by atoms with Gasteiger partial charge in [0.25, 0.3) is 0 Å². The molecule has 1 aliphatic heterocycles. The van der Waals surface area contributed by atoms with Gasteiger partial charge in [0, 0.05) is 0 Å². The fraction of sp³-hybridized carbons (Fsp3) is 1.00. The molecular weight excluding hydrogens is 236 g/mol. The van der Waals surface area contributed by atoms with E-state index in [0.717, 1.165) is 0 Å². The maximum absolute atomic E-state index is 9.79. The Hall–Kier alpha value is 0.0569. The van der Waals surface area contributed by atoms with Gasteiger partial charge in [-0.1, -0.05) is 20.8 Å². The number of hydrogen-bond donors (Lipinski definition) is 2. The normalized spacial score (nSPS) is 35.3. The van der Waals surface area contributed by atoms with Crippen molar-refractivity contribution in [3.8, 4) is 0 Å². The van der Waals surface area contributed by atoms with E-state index in [2.05, 4.69) is 33.9 Å². The zero-order valence-electron chi connectivity index (χ0n) is 11.7. The molecule has 2 N–H and O–H groups in total. The van der Waals surface area contributed by atoms with Crippen LogP contribution in [0, 0.1) is 0 Å². The zero-order chi connectivity index (χ0) is 13.4. The topological polar surface area (TPSA) is 58.9 Å². The Morgan fingerprint density at radius 2 is 1.71 bits per heavy atom. The number of aliphatic hydroxyl groups is 2. The van der Waals surface area contributed by atoms with Crippen LogP contribution in [0.5, 0.6) is 0 Å². The minimum Gasteiger partial charge on any atom is -0.414 e. The van der Waals surface area contributed by atoms with Crippen LogP contribution in [0.2, 0.25) is 18.1 Å². The van der Waals surface area contributed by atoms with E-state index in [1.165, 1.54) is 0 Å². The van der Waals surface area contributed by atoms with Crippen molar-refractivity contribution in [2.45, 2.75) is 70.2 Å². The SMILES string of the molecule is C[C@H]1O[C@@H](CO[Si](C)(C)C(C)(C)C)[C@@H](O)[C@@H]1O. The molecule has 4 nitrogen and oxygen atoms in total. The van der Waals surface area contributed by atoms with Gasteiger partial charge in [-0.25, -0.2) is 0 Å². The van der Waals surface area contributed by atoms with Crippen molar-refractivity contribution in [2.24, 2.45) is 0 Å². The van der Waals surface area contributed by atoms with Crippen LogP contribution in [0.1, 0.15) is 27.7 Å². The highest BCUT2D eigenvalue weighted by Gasteiger charge is 2.43. The summed E-state index contributed by atoms with van der Waals surface area (Å²) < 4.78 is 11.5. The van der Waals surface area contributed by atoms with Crippen molar-refractivity contribution >= 4 is 8.32 Å². The fourth-order valence-corrected chi connectivity index (χ4v) is 2.59. The number of aliphatic hydroxyl groups excluding tert-OH is 2. The molecular formula is C12H26O4Si. The molecule has 102 valence electrons. The van der Waals surface area contributed by atoms with Crippen molar-refractivity contribution in [3.63, 3.8) is 0 Å². The maximum atomic E-state index is 9.79. The molecule has 0 aromatic rings. The molecule has 17 heavy (non-hydrogen) atoms. The Labute approximate surface area is 105 Å². The third kappa shape index (κ3) is 3.29. The summed E-state index contributed by atoms with van der Waals surface area (Å²) in [6.07, 6.45) is -2.37. The third-order valence-electron chi connectivity index (χ3n) is 4.02. The number of ether oxygens (including phenoxy) is 1. The van der Waals surface area contributed by atoms with Gasteiger partial charge in [-0.2, -0.15) is 0 Å². The van der Waals surface area contributed by atoms with E-state index in [1.54, 1.807) is 6.92 Å². The lowest BCUT2D eigenvalue weighted by Crippen LogP contribution is -2.44. The van der Waals surface area contributed by atoms with E-state index in [-0.39, 0.29) is 11.1 Å².